The van der Waals surface area contributed by atoms with Gasteiger partial charge in [0, 0.05) is 49.9 Å². The molecule has 0 saturated carbocycles. The number of amides is 1. The van der Waals surface area contributed by atoms with Gasteiger partial charge in [-0.3, -0.25) is 9.69 Å². The molecule has 2 aromatic carbocycles. The summed E-state index contributed by atoms with van der Waals surface area (Å²) < 4.78 is 22.3. The zero-order valence-corrected chi connectivity index (χ0v) is 20.6. The average molecular weight is 504 g/mol. The van der Waals surface area contributed by atoms with Crippen LogP contribution in [-0.2, 0) is 16.1 Å². The number of benzene rings is 2. The van der Waals surface area contributed by atoms with Crippen LogP contribution in [0.4, 0.5) is 11.7 Å². The van der Waals surface area contributed by atoms with Gasteiger partial charge in [-0.05, 0) is 17.7 Å². The SMILES string of the molecule is COc1cc(Nc2ncc(-c3ccccc3CNC(=O)CCN3CCOCC3)o2)ccc1-c1cnco1. The van der Waals surface area contributed by atoms with E-state index in [0.29, 0.717) is 36.3 Å². The molecule has 192 valence electrons. The van der Waals surface area contributed by atoms with E-state index in [0.717, 1.165) is 55.2 Å². The summed E-state index contributed by atoms with van der Waals surface area (Å²) in [6, 6.07) is 13.7. The summed E-state index contributed by atoms with van der Waals surface area (Å²) in [4.78, 5) is 23.0. The van der Waals surface area contributed by atoms with Gasteiger partial charge >= 0.3 is 0 Å². The largest absolute Gasteiger partial charge is 0.496 e. The van der Waals surface area contributed by atoms with Gasteiger partial charge in [0.2, 0.25) is 5.91 Å². The number of hydrogen-bond acceptors (Lipinski definition) is 9. The van der Waals surface area contributed by atoms with Gasteiger partial charge in [0.1, 0.15) is 5.75 Å². The lowest BCUT2D eigenvalue weighted by Gasteiger charge is -2.26. The molecule has 0 unspecified atom stereocenters. The second-order valence-electron chi connectivity index (χ2n) is 8.57. The molecule has 1 aliphatic heterocycles. The maximum Gasteiger partial charge on any atom is 0.299 e. The first-order valence-corrected chi connectivity index (χ1v) is 12.1. The van der Waals surface area contributed by atoms with E-state index in [1.807, 2.05) is 42.5 Å². The lowest BCUT2D eigenvalue weighted by atomic mass is 10.1. The van der Waals surface area contributed by atoms with Crippen molar-refractivity contribution in [1.29, 1.82) is 0 Å². The second kappa shape index (κ2) is 11.7. The third-order valence-corrected chi connectivity index (χ3v) is 6.17. The number of methoxy groups -OCH3 is 1. The van der Waals surface area contributed by atoms with Crippen LogP contribution >= 0.6 is 0 Å². The van der Waals surface area contributed by atoms with Gasteiger partial charge in [0.15, 0.2) is 17.9 Å². The molecule has 0 atom stereocenters. The summed E-state index contributed by atoms with van der Waals surface area (Å²) in [7, 11) is 1.60. The Morgan fingerprint density at radius 2 is 1.95 bits per heavy atom. The Labute approximate surface area is 214 Å². The molecular weight excluding hydrogens is 474 g/mol. The zero-order chi connectivity index (χ0) is 25.5. The number of carbonyl (C=O) groups is 1. The Bertz CT molecular complexity index is 1310. The van der Waals surface area contributed by atoms with Crippen molar-refractivity contribution in [2.45, 2.75) is 13.0 Å². The first kappa shape index (κ1) is 24.5. The van der Waals surface area contributed by atoms with Crippen LogP contribution in [0.15, 0.2) is 70.1 Å². The highest BCUT2D eigenvalue weighted by molar-refractivity contribution is 5.76. The highest BCUT2D eigenvalue weighted by Gasteiger charge is 2.15. The topological polar surface area (TPSA) is 115 Å². The second-order valence-corrected chi connectivity index (χ2v) is 8.57. The first-order chi connectivity index (χ1) is 18.2. The van der Waals surface area contributed by atoms with Crippen molar-refractivity contribution < 1.29 is 23.1 Å². The molecule has 0 aliphatic carbocycles. The van der Waals surface area contributed by atoms with E-state index in [-0.39, 0.29) is 5.91 Å². The maximum absolute atomic E-state index is 12.4. The smallest absolute Gasteiger partial charge is 0.299 e. The molecule has 37 heavy (non-hydrogen) atoms. The summed E-state index contributed by atoms with van der Waals surface area (Å²) >= 11 is 0. The van der Waals surface area contributed by atoms with Gasteiger partial charge in [-0.2, -0.15) is 0 Å². The fourth-order valence-electron chi connectivity index (χ4n) is 4.18. The van der Waals surface area contributed by atoms with Crippen molar-refractivity contribution in [2.24, 2.45) is 0 Å². The minimum Gasteiger partial charge on any atom is -0.496 e. The highest BCUT2D eigenvalue weighted by Crippen LogP contribution is 2.34. The van der Waals surface area contributed by atoms with Crippen LogP contribution in [0.2, 0.25) is 0 Å². The van der Waals surface area contributed by atoms with Crippen molar-refractivity contribution in [3.05, 3.63) is 66.8 Å². The number of anilines is 2. The lowest BCUT2D eigenvalue weighted by molar-refractivity contribution is -0.121. The van der Waals surface area contributed by atoms with E-state index in [1.54, 1.807) is 19.5 Å². The van der Waals surface area contributed by atoms with Crippen LogP contribution in [0.1, 0.15) is 12.0 Å². The highest BCUT2D eigenvalue weighted by atomic mass is 16.5. The molecule has 5 rings (SSSR count). The van der Waals surface area contributed by atoms with Gasteiger partial charge in [-0.25, -0.2) is 9.97 Å². The van der Waals surface area contributed by atoms with E-state index in [9.17, 15) is 4.79 Å². The molecule has 2 aromatic heterocycles. The fourth-order valence-corrected chi connectivity index (χ4v) is 4.18. The normalized spacial score (nSPS) is 13.9. The summed E-state index contributed by atoms with van der Waals surface area (Å²) in [6.45, 7) is 4.34. The van der Waals surface area contributed by atoms with Gasteiger partial charge in [-0.15, -0.1) is 0 Å². The third-order valence-electron chi connectivity index (χ3n) is 6.17. The number of nitrogens with zero attached hydrogens (tertiary/aromatic N) is 3. The van der Waals surface area contributed by atoms with Crippen LogP contribution in [0, 0.1) is 0 Å². The Balaban J connectivity index is 1.22. The predicted molar refractivity (Wildman–Crippen MR) is 137 cm³/mol. The summed E-state index contributed by atoms with van der Waals surface area (Å²) in [5, 5.41) is 6.20. The van der Waals surface area contributed by atoms with Crippen molar-refractivity contribution in [3.8, 4) is 28.4 Å². The van der Waals surface area contributed by atoms with Crippen LogP contribution < -0.4 is 15.4 Å². The third kappa shape index (κ3) is 6.16. The van der Waals surface area contributed by atoms with E-state index < -0.39 is 0 Å². The molecule has 1 amide bonds. The number of carbonyl (C=O) groups excluding carboxylic acids is 1. The molecule has 3 heterocycles. The fraction of sp³-hybridized carbons (Fsp3) is 0.296. The van der Waals surface area contributed by atoms with E-state index in [4.69, 9.17) is 18.3 Å². The van der Waals surface area contributed by atoms with Gasteiger partial charge in [0.25, 0.3) is 6.01 Å². The number of nitrogens with one attached hydrogen (secondary N) is 2. The summed E-state index contributed by atoms with van der Waals surface area (Å²) in [5.74, 6) is 1.87. The monoisotopic (exact) mass is 503 g/mol. The van der Waals surface area contributed by atoms with Crippen LogP contribution in [0.5, 0.6) is 5.75 Å². The molecule has 1 fully saturated rings. The Morgan fingerprint density at radius 3 is 2.76 bits per heavy atom. The summed E-state index contributed by atoms with van der Waals surface area (Å²) in [6.07, 6.45) is 5.14. The van der Waals surface area contributed by atoms with Crippen LogP contribution in [0.25, 0.3) is 22.6 Å². The molecule has 10 heteroatoms. The van der Waals surface area contributed by atoms with Crippen LogP contribution in [-0.4, -0.2) is 60.7 Å². The van der Waals surface area contributed by atoms with Crippen LogP contribution in [0.3, 0.4) is 0 Å². The number of rotatable bonds is 10. The quantitative estimate of drug-likeness (QED) is 0.330. The molecule has 4 aromatic rings. The predicted octanol–water partition coefficient (Wildman–Crippen LogP) is 4.09. The maximum atomic E-state index is 12.4. The molecular formula is C27H29N5O5. The minimum atomic E-state index is 0.0175. The zero-order valence-electron chi connectivity index (χ0n) is 20.6. The van der Waals surface area contributed by atoms with Gasteiger partial charge in [-0.1, -0.05) is 24.3 Å². The Kier molecular flexibility index (Phi) is 7.78. The number of oxazole rings is 2. The van der Waals surface area contributed by atoms with Crippen molar-refractivity contribution >= 4 is 17.6 Å². The van der Waals surface area contributed by atoms with Crippen molar-refractivity contribution in [1.82, 2.24) is 20.2 Å². The molecule has 1 saturated heterocycles. The molecule has 10 nitrogen and oxygen atoms in total. The van der Waals surface area contributed by atoms with E-state index in [1.165, 1.54) is 6.39 Å². The van der Waals surface area contributed by atoms with Crippen molar-refractivity contribution in [3.63, 3.8) is 0 Å². The number of morpholine rings is 1. The first-order valence-electron chi connectivity index (χ1n) is 12.1. The standard InChI is InChI=1S/C27H29N5O5/c1-34-23-14-20(6-7-22(23)24-16-28-18-36-24)31-27-30-17-25(37-27)21-5-3-2-4-19(21)15-29-26(33)8-9-32-10-12-35-13-11-32/h2-7,14,16-18H,8-13,15H2,1H3,(H,29,33)(H,30,31). The summed E-state index contributed by atoms with van der Waals surface area (Å²) in [5.41, 5.74) is 3.35. The molecule has 1 aliphatic rings. The van der Waals surface area contributed by atoms with Crippen molar-refractivity contribution in [2.75, 3.05) is 45.3 Å². The van der Waals surface area contributed by atoms with Gasteiger partial charge in [0.05, 0.1) is 38.3 Å². The van der Waals surface area contributed by atoms with Gasteiger partial charge < -0.3 is 28.9 Å². The number of hydrogen-bond donors (Lipinski definition) is 2. The van der Waals surface area contributed by atoms with E-state index in [2.05, 4.69) is 25.5 Å². The van der Waals surface area contributed by atoms with E-state index >= 15 is 0 Å². The minimum absolute atomic E-state index is 0.0175. The molecule has 0 spiro atoms. The number of aromatic nitrogens is 2. The Hall–Kier alpha value is -4.15. The molecule has 0 bridgehead atoms. The lowest BCUT2D eigenvalue weighted by Crippen LogP contribution is -2.38. The molecule has 2 N–H and O–H groups in total. The number of ether oxygens (including phenoxy) is 2. The molecule has 0 radical (unpaired) electrons. The Morgan fingerprint density at radius 1 is 1.08 bits per heavy atom. The average Bonchev–Trinajstić information content (AvgIpc) is 3.64.